The first-order valence-electron chi connectivity index (χ1n) is 10.7. The average Bonchev–Trinajstić information content (AvgIpc) is 2.80. The Bertz CT molecular complexity index is 1210. The van der Waals surface area contributed by atoms with E-state index in [1.54, 1.807) is 75.4 Å². The van der Waals surface area contributed by atoms with Crippen molar-refractivity contribution in [1.29, 1.82) is 5.26 Å². The zero-order valence-electron chi connectivity index (χ0n) is 19.0. The maximum atomic E-state index is 13.4. The van der Waals surface area contributed by atoms with Crippen LogP contribution in [0.2, 0.25) is 10.0 Å². The summed E-state index contributed by atoms with van der Waals surface area (Å²) in [6.07, 6.45) is 1.70. The molecule has 2 atom stereocenters. The van der Waals surface area contributed by atoms with Gasteiger partial charge in [-0.15, -0.1) is 0 Å². The summed E-state index contributed by atoms with van der Waals surface area (Å²) in [6.45, 7) is 5.10. The number of allylic oxidation sites excluding steroid dienone is 1. The SMILES string of the molecule is CCOC(=O)C1=C(N)C(C#N)(C(=O)OCC)C(C)(c2ccc(Cl)cc2)C=C1c1ccc(Cl)cc1. The molecule has 0 aromatic heterocycles. The molecule has 3 rings (SSSR count). The summed E-state index contributed by atoms with van der Waals surface area (Å²) >= 11 is 12.2. The van der Waals surface area contributed by atoms with Crippen LogP contribution < -0.4 is 5.73 Å². The molecule has 34 heavy (non-hydrogen) atoms. The lowest BCUT2D eigenvalue weighted by Gasteiger charge is -2.45. The molecule has 2 N–H and O–H groups in total. The Balaban J connectivity index is 2.45. The fourth-order valence-electron chi connectivity index (χ4n) is 4.24. The maximum Gasteiger partial charge on any atom is 0.340 e. The van der Waals surface area contributed by atoms with E-state index in [1.165, 1.54) is 0 Å². The number of rotatable bonds is 6. The van der Waals surface area contributed by atoms with Crippen LogP contribution in [-0.4, -0.2) is 25.2 Å². The van der Waals surface area contributed by atoms with E-state index in [9.17, 15) is 14.9 Å². The van der Waals surface area contributed by atoms with Crippen LogP contribution in [-0.2, 0) is 24.5 Å². The molecule has 0 saturated heterocycles. The summed E-state index contributed by atoms with van der Waals surface area (Å²) in [6, 6.07) is 15.7. The molecular weight excluding hydrogens is 475 g/mol. The van der Waals surface area contributed by atoms with Crippen molar-refractivity contribution in [1.82, 2.24) is 0 Å². The Kier molecular flexibility index (Phi) is 7.40. The van der Waals surface area contributed by atoms with Gasteiger partial charge in [0.05, 0.1) is 30.6 Å². The van der Waals surface area contributed by atoms with Gasteiger partial charge in [0.2, 0.25) is 5.41 Å². The molecule has 0 radical (unpaired) electrons. The Labute approximate surface area is 208 Å². The Hall–Kier alpha value is -3.27. The minimum absolute atomic E-state index is 0.0226. The Morgan fingerprint density at radius 1 is 0.971 bits per heavy atom. The van der Waals surface area contributed by atoms with Gasteiger partial charge in [0.1, 0.15) is 0 Å². The molecule has 0 saturated carbocycles. The van der Waals surface area contributed by atoms with Crippen molar-refractivity contribution in [3.8, 4) is 6.07 Å². The van der Waals surface area contributed by atoms with Crippen molar-refractivity contribution in [2.45, 2.75) is 26.2 Å². The van der Waals surface area contributed by atoms with Crippen molar-refractivity contribution in [2.75, 3.05) is 13.2 Å². The van der Waals surface area contributed by atoms with Gasteiger partial charge in [-0.2, -0.15) is 5.26 Å². The zero-order chi connectivity index (χ0) is 25.1. The molecule has 0 aliphatic heterocycles. The fraction of sp³-hybridized carbons (Fsp3) is 0.269. The molecule has 0 heterocycles. The van der Waals surface area contributed by atoms with Crippen LogP contribution in [0.1, 0.15) is 31.9 Å². The topological polar surface area (TPSA) is 102 Å². The summed E-state index contributed by atoms with van der Waals surface area (Å²) in [7, 11) is 0. The number of hydrogen-bond donors (Lipinski definition) is 1. The van der Waals surface area contributed by atoms with Gasteiger partial charge in [0.15, 0.2) is 0 Å². The number of nitriles is 1. The highest BCUT2D eigenvalue weighted by atomic mass is 35.5. The molecule has 0 fully saturated rings. The van der Waals surface area contributed by atoms with Crippen molar-refractivity contribution in [3.05, 3.63) is 87.0 Å². The van der Waals surface area contributed by atoms with Crippen LogP contribution in [0.15, 0.2) is 65.9 Å². The number of carbonyl (C=O) groups is 2. The molecule has 2 unspecified atom stereocenters. The van der Waals surface area contributed by atoms with E-state index in [0.717, 1.165) is 0 Å². The minimum Gasteiger partial charge on any atom is -0.464 e. The lowest BCUT2D eigenvalue weighted by molar-refractivity contribution is -0.152. The van der Waals surface area contributed by atoms with Crippen molar-refractivity contribution in [3.63, 3.8) is 0 Å². The van der Waals surface area contributed by atoms with Crippen molar-refractivity contribution >= 4 is 40.7 Å². The molecular formula is C26H24Cl2N2O4. The average molecular weight is 499 g/mol. The normalized spacial score (nSPS) is 21.9. The summed E-state index contributed by atoms with van der Waals surface area (Å²) in [5.74, 6) is -1.61. The number of benzene rings is 2. The van der Waals surface area contributed by atoms with E-state index in [-0.39, 0.29) is 24.5 Å². The standard InChI is InChI=1S/C26H24Cl2N2O4/c1-4-33-23(31)21-20(16-6-10-18(27)11-7-16)14-25(3,17-8-12-19(28)13-9-17)26(15-29,22(21)30)24(32)34-5-2/h6-14H,4-5,30H2,1-3H3. The molecule has 0 bridgehead atoms. The summed E-state index contributed by atoms with van der Waals surface area (Å²) in [5.41, 5.74) is 4.54. The van der Waals surface area contributed by atoms with E-state index in [0.29, 0.717) is 26.7 Å². The largest absolute Gasteiger partial charge is 0.464 e. The molecule has 0 spiro atoms. The molecule has 176 valence electrons. The zero-order valence-corrected chi connectivity index (χ0v) is 20.5. The summed E-state index contributed by atoms with van der Waals surface area (Å²) in [5, 5.41) is 11.5. The molecule has 2 aromatic carbocycles. The second-order valence-electron chi connectivity index (χ2n) is 7.87. The van der Waals surface area contributed by atoms with Gasteiger partial charge in [0, 0.05) is 15.5 Å². The number of halogens is 2. The van der Waals surface area contributed by atoms with Crippen LogP contribution in [0.25, 0.3) is 5.57 Å². The third-order valence-corrected chi connectivity index (χ3v) is 6.49. The highest BCUT2D eigenvalue weighted by Gasteiger charge is 2.61. The van der Waals surface area contributed by atoms with E-state index < -0.39 is 22.8 Å². The predicted molar refractivity (Wildman–Crippen MR) is 131 cm³/mol. The summed E-state index contributed by atoms with van der Waals surface area (Å²) < 4.78 is 10.6. The van der Waals surface area contributed by atoms with Gasteiger partial charge in [-0.1, -0.05) is 53.5 Å². The van der Waals surface area contributed by atoms with E-state index in [1.807, 2.05) is 0 Å². The van der Waals surface area contributed by atoms with Gasteiger partial charge in [-0.05, 0) is 61.7 Å². The quantitative estimate of drug-likeness (QED) is 0.549. The van der Waals surface area contributed by atoms with Gasteiger partial charge in [0.25, 0.3) is 0 Å². The lowest BCUT2D eigenvalue weighted by Crippen LogP contribution is -2.54. The molecule has 0 amide bonds. The first-order chi connectivity index (χ1) is 16.2. The number of esters is 2. The van der Waals surface area contributed by atoms with Crippen LogP contribution in [0, 0.1) is 16.7 Å². The van der Waals surface area contributed by atoms with Crippen LogP contribution >= 0.6 is 23.2 Å². The van der Waals surface area contributed by atoms with Crippen molar-refractivity contribution < 1.29 is 19.1 Å². The predicted octanol–water partition coefficient (Wildman–Crippen LogP) is 5.20. The van der Waals surface area contributed by atoms with E-state index in [2.05, 4.69) is 6.07 Å². The Morgan fingerprint density at radius 2 is 1.50 bits per heavy atom. The third kappa shape index (κ3) is 4.06. The minimum atomic E-state index is -2.05. The summed E-state index contributed by atoms with van der Waals surface area (Å²) in [4.78, 5) is 26.6. The number of hydrogen-bond acceptors (Lipinski definition) is 6. The first kappa shape index (κ1) is 25.4. The number of carbonyl (C=O) groups excluding carboxylic acids is 2. The second-order valence-corrected chi connectivity index (χ2v) is 8.74. The number of ether oxygens (including phenoxy) is 2. The van der Waals surface area contributed by atoms with Crippen LogP contribution in [0.3, 0.4) is 0 Å². The first-order valence-corrected chi connectivity index (χ1v) is 11.4. The van der Waals surface area contributed by atoms with Crippen LogP contribution in [0.5, 0.6) is 0 Å². The second kappa shape index (κ2) is 9.92. The molecule has 8 heteroatoms. The molecule has 2 aromatic rings. The van der Waals surface area contributed by atoms with E-state index >= 15 is 0 Å². The van der Waals surface area contributed by atoms with E-state index in [4.69, 9.17) is 38.4 Å². The highest BCUT2D eigenvalue weighted by molar-refractivity contribution is 6.31. The lowest BCUT2D eigenvalue weighted by atomic mass is 9.55. The molecule has 1 aliphatic carbocycles. The smallest absolute Gasteiger partial charge is 0.340 e. The number of nitrogens with zero attached hydrogens (tertiary/aromatic N) is 1. The molecule has 6 nitrogen and oxygen atoms in total. The van der Waals surface area contributed by atoms with Gasteiger partial charge >= 0.3 is 11.9 Å². The van der Waals surface area contributed by atoms with Gasteiger partial charge in [-0.25, -0.2) is 9.59 Å². The highest BCUT2D eigenvalue weighted by Crippen LogP contribution is 2.54. The fourth-order valence-corrected chi connectivity index (χ4v) is 4.49. The monoisotopic (exact) mass is 498 g/mol. The van der Waals surface area contributed by atoms with Gasteiger partial charge in [-0.3, -0.25) is 0 Å². The van der Waals surface area contributed by atoms with Crippen LogP contribution in [0.4, 0.5) is 0 Å². The molecule has 1 aliphatic rings. The number of nitrogens with two attached hydrogens (primary N) is 1. The van der Waals surface area contributed by atoms with Gasteiger partial charge < -0.3 is 15.2 Å². The maximum absolute atomic E-state index is 13.4. The Morgan fingerprint density at radius 3 is 2.00 bits per heavy atom. The van der Waals surface area contributed by atoms with Crippen molar-refractivity contribution in [2.24, 2.45) is 11.1 Å². The third-order valence-electron chi connectivity index (χ3n) is 5.98.